The maximum atomic E-state index is 12.1. The van der Waals surface area contributed by atoms with Gasteiger partial charge in [-0.15, -0.1) is 0 Å². The number of nitrogens with one attached hydrogen (secondary N) is 1. The SMILES string of the molecule is O=C(O)/C(=C\c1cccc([N+](=O)[O-])c1)NC(=O)c1ccc(Br)cc1. The summed E-state index contributed by atoms with van der Waals surface area (Å²) in [6, 6.07) is 11.8. The number of carboxylic acid groups (broad SMARTS) is 1. The molecule has 24 heavy (non-hydrogen) atoms. The predicted octanol–water partition coefficient (Wildman–Crippen LogP) is 3.21. The molecule has 0 aliphatic heterocycles. The van der Waals surface area contributed by atoms with E-state index >= 15 is 0 Å². The summed E-state index contributed by atoms with van der Waals surface area (Å²) in [5.41, 5.74) is 0.0123. The zero-order valence-electron chi connectivity index (χ0n) is 12.1. The number of nitrogens with zero attached hydrogens (tertiary/aromatic N) is 1. The molecule has 2 aromatic carbocycles. The number of non-ortho nitro benzene ring substituents is 1. The van der Waals surface area contributed by atoms with Crippen molar-refractivity contribution in [3.05, 3.63) is 79.9 Å². The Labute approximate surface area is 144 Å². The molecule has 0 fully saturated rings. The maximum absolute atomic E-state index is 12.1. The first-order valence-electron chi connectivity index (χ1n) is 6.63. The Morgan fingerprint density at radius 3 is 2.42 bits per heavy atom. The number of carbonyl (C=O) groups is 2. The number of carbonyl (C=O) groups excluding carboxylic acids is 1. The first-order valence-corrected chi connectivity index (χ1v) is 7.42. The van der Waals surface area contributed by atoms with Crippen molar-refractivity contribution in [1.82, 2.24) is 5.32 Å². The second kappa shape index (κ2) is 7.51. The van der Waals surface area contributed by atoms with E-state index in [-0.39, 0.29) is 22.5 Å². The third-order valence-corrected chi connectivity index (χ3v) is 3.51. The molecule has 8 heteroatoms. The molecule has 7 nitrogen and oxygen atoms in total. The van der Waals surface area contributed by atoms with Gasteiger partial charge in [-0.25, -0.2) is 4.79 Å². The van der Waals surface area contributed by atoms with E-state index in [0.29, 0.717) is 0 Å². The van der Waals surface area contributed by atoms with Gasteiger partial charge in [-0.2, -0.15) is 0 Å². The number of nitro groups is 1. The first kappa shape index (κ1) is 17.4. The fraction of sp³-hybridized carbons (Fsp3) is 0. The zero-order chi connectivity index (χ0) is 17.7. The van der Waals surface area contributed by atoms with Crippen molar-refractivity contribution >= 4 is 39.6 Å². The average Bonchev–Trinajstić information content (AvgIpc) is 2.55. The van der Waals surface area contributed by atoms with Crippen molar-refractivity contribution in [2.75, 3.05) is 0 Å². The number of hydrogen-bond acceptors (Lipinski definition) is 4. The standard InChI is InChI=1S/C16H11BrN2O5/c17-12-6-4-11(5-7-12)15(20)18-14(16(21)22)9-10-2-1-3-13(8-10)19(23)24/h1-9H,(H,18,20)(H,21,22)/b14-9+. The van der Waals surface area contributed by atoms with Crippen LogP contribution >= 0.6 is 15.9 Å². The molecule has 0 aliphatic rings. The largest absolute Gasteiger partial charge is 0.477 e. The molecule has 0 saturated carbocycles. The summed E-state index contributed by atoms with van der Waals surface area (Å²) in [6.45, 7) is 0. The van der Waals surface area contributed by atoms with Crippen LogP contribution in [-0.4, -0.2) is 21.9 Å². The molecule has 0 aromatic heterocycles. The van der Waals surface area contributed by atoms with Crippen molar-refractivity contribution in [3.8, 4) is 0 Å². The fourth-order valence-electron chi connectivity index (χ4n) is 1.84. The van der Waals surface area contributed by atoms with Crippen molar-refractivity contribution in [1.29, 1.82) is 0 Å². The normalized spacial score (nSPS) is 11.0. The lowest BCUT2D eigenvalue weighted by Crippen LogP contribution is -2.27. The molecule has 0 saturated heterocycles. The molecule has 0 unspecified atom stereocenters. The van der Waals surface area contributed by atoms with Gasteiger partial charge >= 0.3 is 5.97 Å². The minimum atomic E-state index is -1.35. The molecule has 0 atom stereocenters. The van der Waals surface area contributed by atoms with Crippen LogP contribution < -0.4 is 5.32 Å². The van der Waals surface area contributed by atoms with Crippen LogP contribution in [-0.2, 0) is 4.79 Å². The predicted molar refractivity (Wildman–Crippen MR) is 90.3 cm³/mol. The Balaban J connectivity index is 2.27. The van der Waals surface area contributed by atoms with E-state index in [1.54, 1.807) is 12.1 Å². The molecule has 2 rings (SSSR count). The second-order valence-electron chi connectivity index (χ2n) is 4.68. The monoisotopic (exact) mass is 390 g/mol. The zero-order valence-corrected chi connectivity index (χ0v) is 13.7. The summed E-state index contributed by atoms with van der Waals surface area (Å²) in [6.07, 6.45) is 1.16. The highest BCUT2D eigenvalue weighted by Gasteiger charge is 2.14. The Morgan fingerprint density at radius 1 is 1.17 bits per heavy atom. The number of carboxylic acids is 1. The third kappa shape index (κ3) is 4.50. The molecule has 1 amide bonds. The number of rotatable bonds is 5. The van der Waals surface area contributed by atoms with Gasteiger partial charge in [-0.1, -0.05) is 28.1 Å². The lowest BCUT2D eigenvalue weighted by Gasteiger charge is -2.06. The van der Waals surface area contributed by atoms with Crippen LogP contribution in [0.15, 0.2) is 58.7 Å². The number of hydrogen-bond donors (Lipinski definition) is 2. The Hall–Kier alpha value is -3.00. The molecule has 0 spiro atoms. The average molecular weight is 391 g/mol. The second-order valence-corrected chi connectivity index (χ2v) is 5.59. The minimum absolute atomic E-state index is 0.173. The Bertz CT molecular complexity index is 831. The third-order valence-electron chi connectivity index (χ3n) is 2.98. The lowest BCUT2D eigenvalue weighted by molar-refractivity contribution is -0.384. The summed E-state index contributed by atoms with van der Waals surface area (Å²) in [4.78, 5) is 33.6. The smallest absolute Gasteiger partial charge is 0.352 e. The first-order chi connectivity index (χ1) is 11.4. The van der Waals surface area contributed by atoms with Gasteiger partial charge in [0.15, 0.2) is 0 Å². The summed E-state index contributed by atoms with van der Waals surface area (Å²) >= 11 is 3.24. The summed E-state index contributed by atoms with van der Waals surface area (Å²) in [5.74, 6) is -1.95. The quantitative estimate of drug-likeness (QED) is 0.462. The number of nitro benzene ring substituents is 1. The topological polar surface area (TPSA) is 110 Å². The van der Waals surface area contributed by atoms with E-state index in [1.165, 1.54) is 36.4 Å². The van der Waals surface area contributed by atoms with Gasteiger partial charge in [0.2, 0.25) is 0 Å². The van der Waals surface area contributed by atoms with Gasteiger partial charge < -0.3 is 10.4 Å². The fourth-order valence-corrected chi connectivity index (χ4v) is 2.11. The van der Waals surface area contributed by atoms with Crippen molar-refractivity contribution in [2.45, 2.75) is 0 Å². The van der Waals surface area contributed by atoms with E-state index in [1.807, 2.05) is 0 Å². The van der Waals surface area contributed by atoms with Crippen molar-refractivity contribution in [2.24, 2.45) is 0 Å². The van der Waals surface area contributed by atoms with E-state index in [0.717, 1.165) is 10.5 Å². The number of aliphatic carboxylic acids is 1. The summed E-state index contributed by atoms with van der Waals surface area (Å²) in [5, 5.41) is 22.3. The van der Waals surface area contributed by atoms with Crippen LogP contribution in [0.25, 0.3) is 6.08 Å². The van der Waals surface area contributed by atoms with Gasteiger partial charge in [0.25, 0.3) is 11.6 Å². The van der Waals surface area contributed by atoms with Crippen LogP contribution in [0.2, 0.25) is 0 Å². The van der Waals surface area contributed by atoms with Crippen LogP contribution in [0, 0.1) is 10.1 Å². The van der Waals surface area contributed by atoms with Crippen LogP contribution in [0.4, 0.5) is 5.69 Å². The minimum Gasteiger partial charge on any atom is -0.477 e. The van der Waals surface area contributed by atoms with E-state index in [2.05, 4.69) is 21.2 Å². The van der Waals surface area contributed by atoms with E-state index in [4.69, 9.17) is 0 Å². The Morgan fingerprint density at radius 2 is 1.83 bits per heavy atom. The lowest BCUT2D eigenvalue weighted by atomic mass is 10.1. The van der Waals surface area contributed by atoms with E-state index in [9.17, 15) is 24.8 Å². The molecule has 0 heterocycles. The number of benzene rings is 2. The van der Waals surface area contributed by atoms with Gasteiger partial charge in [-0.3, -0.25) is 14.9 Å². The molecule has 2 N–H and O–H groups in total. The highest BCUT2D eigenvalue weighted by atomic mass is 79.9. The van der Waals surface area contributed by atoms with Gasteiger partial charge in [0.05, 0.1) is 4.92 Å². The van der Waals surface area contributed by atoms with E-state index < -0.39 is 16.8 Å². The van der Waals surface area contributed by atoms with Crippen LogP contribution in [0.5, 0.6) is 0 Å². The van der Waals surface area contributed by atoms with Crippen LogP contribution in [0.3, 0.4) is 0 Å². The molecule has 0 bridgehead atoms. The van der Waals surface area contributed by atoms with Crippen molar-refractivity contribution in [3.63, 3.8) is 0 Å². The van der Waals surface area contributed by atoms with Gasteiger partial charge in [0.1, 0.15) is 5.70 Å². The highest BCUT2D eigenvalue weighted by Crippen LogP contribution is 2.16. The molecule has 0 aliphatic carbocycles. The molecular weight excluding hydrogens is 380 g/mol. The number of halogens is 1. The molecule has 122 valence electrons. The number of amides is 1. The highest BCUT2D eigenvalue weighted by molar-refractivity contribution is 9.10. The molecular formula is C16H11BrN2O5. The van der Waals surface area contributed by atoms with Gasteiger partial charge in [-0.05, 0) is 35.9 Å². The summed E-state index contributed by atoms with van der Waals surface area (Å²) in [7, 11) is 0. The molecule has 2 aromatic rings. The maximum Gasteiger partial charge on any atom is 0.352 e. The Kier molecular flexibility index (Phi) is 5.43. The van der Waals surface area contributed by atoms with Crippen molar-refractivity contribution < 1.29 is 19.6 Å². The van der Waals surface area contributed by atoms with Gasteiger partial charge in [0, 0.05) is 22.2 Å². The summed E-state index contributed by atoms with van der Waals surface area (Å²) < 4.78 is 0.782. The molecule has 0 radical (unpaired) electrons. The van der Waals surface area contributed by atoms with Crippen LogP contribution in [0.1, 0.15) is 15.9 Å².